The number of amides is 1. The summed E-state index contributed by atoms with van der Waals surface area (Å²) in [7, 11) is 0. The fourth-order valence-corrected chi connectivity index (χ4v) is 1.43. The van der Waals surface area contributed by atoms with Crippen LogP contribution in [0.25, 0.3) is 0 Å². The van der Waals surface area contributed by atoms with Gasteiger partial charge in [0.05, 0.1) is 19.5 Å². The summed E-state index contributed by atoms with van der Waals surface area (Å²) in [6, 6.07) is 0. The minimum Gasteiger partial charge on any atom is -0.386 e. The van der Waals surface area contributed by atoms with Crippen LogP contribution in [0.2, 0.25) is 0 Å². The van der Waals surface area contributed by atoms with E-state index >= 15 is 0 Å². The van der Waals surface area contributed by atoms with Crippen molar-refractivity contribution in [3.8, 4) is 0 Å². The Morgan fingerprint density at radius 1 is 1.57 bits per heavy atom. The highest BCUT2D eigenvalue weighted by Crippen LogP contribution is 2.33. The van der Waals surface area contributed by atoms with E-state index in [1.165, 1.54) is 0 Å². The number of nitrogens with zero attached hydrogens (tertiary/aromatic N) is 1. The van der Waals surface area contributed by atoms with Crippen LogP contribution in [0.5, 0.6) is 0 Å². The Bertz CT molecular complexity index is 256. The van der Waals surface area contributed by atoms with Crippen molar-refractivity contribution in [3.05, 3.63) is 12.7 Å². The van der Waals surface area contributed by atoms with Crippen molar-refractivity contribution in [1.82, 2.24) is 4.90 Å². The van der Waals surface area contributed by atoms with Gasteiger partial charge in [-0.15, -0.1) is 0 Å². The normalized spacial score (nSPS) is 20.1. The first-order valence-electron chi connectivity index (χ1n) is 3.96. The molecular formula is C8H10F3NO2. The first-order valence-corrected chi connectivity index (χ1v) is 3.96. The highest BCUT2D eigenvalue weighted by molar-refractivity contribution is 5.87. The van der Waals surface area contributed by atoms with Gasteiger partial charge in [0.15, 0.2) is 0 Å². The molecule has 3 nitrogen and oxygen atoms in total. The van der Waals surface area contributed by atoms with Crippen LogP contribution in [0.3, 0.4) is 0 Å². The van der Waals surface area contributed by atoms with E-state index in [0.717, 1.165) is 11.0 Å². The topological polar surface area (TPSA) is 40.5 Å². The first kappa shape index (κ1) is 11.0. The average Bonchev–Trinajstić information content (AvgIpc) is 1.95. The molecule has 1 fully saturated rings. The smallest absolute Gasteiger partial charge is 0.386 e. The third-order valence-corrected chi connectivity index (χ3v) is 1.99. The molecule has 0 aromatic carbocycles. The number of aliphatic hydroxyl groups is 1. The molecule has 14 heavy (non-hydrogen) atoms. The summed E-state index contributed by atoms with van der Waals surface area (Å²) in [4.78, 5) is 12.0. The van der Waals surface area contributed by atoms with Gasteiger partial charge < -0.3 is 10.0 Å². The van der Waals surface area contributed by atoms with Gasteiger partial charge in [0.1, 0.15) is 5.60 Å². The van der Waals surface area contributed by atoms with Gasteiger partial charge in [-0.2, -0.15) is 13.2 Å². The molecule has 1 aliphatic heterocycles. The Morgan fingerprint density at radius 3 is 2.43 bits per heavy atom. The van der Waals surface area contributed by atoms with Gasteiger partial charge in [-0.25, -0.2) is 0 Å². The van der Waals surface area contributed by atoms with E-state index in [-0.39, 0.29) is 13.1 Å². The maximum atomic E-state index is 11.9. The number of carbonyl (C=O) groups is 1. The van der Waals surface area contributed by atoms with E-state index < -0.39 is 24.1 Å². The predicted molar refractivity (Wildman–Crippen MR) is 42.4 cm³/mol. The maximum Gasteiger partial charge on any atom is 0.391 e. The zero-order valence-corrected chi connectivity index (χ0v) is 7.34. The van der Waals surface area contributed by atoms with Crippen LogP contribution in [0.1, 0.15) is 6.42 Å². The predicted octanol–water partition coefficient (Wildman–Crippen LogP) is 0.698. The minimum absolute atomic E-state index is 0.280. The number of halogens is 3. The second-order valence-corrected chi connectivity index (χ2v) is 3.41. The van der Waals surface area contributed by atoms with E-state index in [0.29, 0.717) is 0 Å². The molecule has 6 heteroatoms. The van der Waals surface area contributed by atoms with E-state index in [4.69, 9.17) is 0 Å². The van der Waals surface area contributed by atoms with Gasteiger partial charge in [-0.05, 0) is 6.08 Å². The molecule has 0 aromatic rings. The SMILES string of the molecule is C=CC(=O)N1CC(O)(CC(F)(F)F)C1. The molecule has 1 rings (SSSR count). The number of rotatable bonds is 2. The summed E-state index contributed by atoms with van der Waals surface area (Å²) in [5.74, 6) is -0.461. The average molecular weight is 209 g/mol. The van der Waals surface area contributed by atoms with Gasteiger partial charge >= 0.3 is 6.18 Å². The lowest BCUT2D eigenvalue weighted by Gasteiger charge is -2.46. The number of likely N-dealkylation sites (tertiary alicyclic amines) is 1. The molecule has 80 valence electrons. The van der Waals surface area contributed by atoms with E-state index in [1.54, 1.807) is 0 Å². The molecule has 0 saturated carbocycles. The highest BCUT2D eigenvalue weighted by atomic mass is 19.4. The van der Waals surface area contributed by atoms with Gasteiger partial charge in [-0.3, -0.25) is 4.79 Å². The summed E-state index contributed by atoms with van der Waals surface area (Å²) in [6.07, 6.45) is -4.67. The molecule has 0 atom stereocenters. The molecule has 1 aliphatic rings. The van der Waals surface area contributed by atoms with Crippen LogP contribution in [0.4, 0.5) is 13.2 Å². The van der Waals surface area contributed by atoms with Crippen LogP contribution < -0.4 is 0 Å². The molecule has 0 aliphatic carbocycles. The monoisotopic (exact) mass is 209 g/mol. The Morgan fingerprint density at radius 2 is 2.07 bits per heavy atom. The Balaban J connectivity index is 2.45. The van der Waals surface area contributed by atoms with E-state index in [9.17, 15) is 23.1 Å². The van der Waals surface area contributed by atoms with Crippen molar-refractivity contribution in [1.29, 1.82) is 0 Å². The summed E-state index contributed by atoms with van der Waals surface area (Å²) >= 11 is 0. The van der Waals surface area contributed by atoms with Crippen molar-refractivity contribution < 1.29 is 23.1 Å². The van der Waals surface area contributed by atoms with Crippen molar-refractivity contribution in [2.24, 2.45) is 0 Å². The standard InChI is InChI=1S/C8H10F3NO2/c1-2-6(13)12-4-7(14,5-12)3-8(9,10)11/h2,14H,1,3-5H2. The molecular weight excluding hydrogens is 199 g/mol. The molecule has 0 bridgehead atoms. The summed E-state index contributed by atoms with van der Waals surface area (Å²) in [6.45, 7) is 2.63. The lowest BCUT2D eigenvalue weighted by atomic mass is 9.90. The first-order chi connectivity index (χ1) is 6.26. The summed E-state index contributed by atoms with van der Waals surface area (Å²) < 4.78 is 35.7. The molecule has 1 heterocycles. The second kappa shape index (κ2) is 3.27. The van der Waals surface area contributed by atoms with Crippen LogP contribution in [-0.2, 0) is 4.79 Å². The fourth-order valence-electron chi connectivity index (χ4n) is 1.43. The minimum atomic E-state index is -4.40. The Labute approximate surface area is 78.8 Å². The lowest BCUT2D eigenvalue weighted by molar-refractivity contribution is -0.208. The Hall–Kier alpha value is -1.04. The highest BCUT2D eigenvalue weighted by Gasteiger charge is 2.49. The van der Waals surface area contributed by atoms with Gasteiger partial charge in [-0.1, -0.05) is 6.58 Å². The molecule has 1 amide bonds. The number of alkyl halides is 3. The zero-order valence-electron chi connectivity index (χ0n) is 7.34. The molecule has 0 unspecified atom stereocenters. The second-order valence-electron chi connectivity index (χ2n) is 3.41. The van der Waals surface area contributed by atoms with Gasteiger partial charge in [0.2, 0.25) is 5.91 Å². The van der Waals surface area contributed by atoms with Crippen molar-refractivity contribution in [2.45, 2.75) is 18.2 Å². The third-order valence-electron chi connectivity index (χ3n) is 1.99. The van der Waals surface area contributed by atoms with Crippen molar-refractivity contribution in [2.75, 3.05) is 13.1 Å². The summed E-state index contributed by atoms with van der Waals surface area (Å²) in [5.41, 5.74) is -1.81. The van der Waals surface area contributed by atoms with Gasteiger partial charge in [0, 0.05) is 0 Å². The zero-order chi connectivity index (χ0) is 11.0. The van der Waals surface area contributed by atoms with E-state index in [1.807, 2.05) is 0 Å². The number of carbonyl (C=O) groups excluding carboxylic acids is 1. The van der Waals surface area contributed by atoms with E-state index in [2.05, 4.69) is 6.58 Å². The molecule has 0 spiro atoms. The number of hydrogen-bond donors (Lipinski definition) is 1. The number of β-amino-alcohol motifs (C(OH)–C–C–N with tert-alkyl or cyclic N) is 1. The van der Waals surface area contributed by atoms with Gasteiger partial charge in [0.25, 0.3) is 0 Å². The Kier molecular flexibility index (Phi) is 2.58. The fraction of sp³-hybridized carbons (Fsp3) is 0.625. The number of hydrogen-bond acceptors (Lipinski definition) is 2. The quantitative estimate of drug-likeness (QED) is 0.680. The maximum absolute atomic E-state index is 11.9. The van der Waals surface area contributed by atoms with Crippen molar-refractivity contribution >= 4 is 5.91 Å². The molecule has 0 radical (unpaired) electrons. The molecule has 1 saturated heterocycles. The lowest BCUT2D eigenvalue weighted by Crippen LogP contribution is -2.64. The van der Waals surface area contributed by atoms with Crippen molar-refractivity contribution in [3.63, 3.8) is 0 Å². The van der Waals surface area contributed by atoms with Crippen LogP contribution in [0.15, 0.2) is 12.7 Å². The van der Waals surface area contributed by atoms with Crippen LogP contribution >= 0.6 is 0 Å². The molecule has 0 aromatic heterocycles. The molecule has 1 N–H and O–H groups in total. The third kappa shape index (κ3) is 2.47. The largest absolute Gasteiger partial charge is 0.391 e. The summed E-state index contributed by atoms with van der Waals surface area (Å²) in [5, 5.41) is 9.31. The van der Waals surface area contributed by atoms with Crippen LogP contribution in [-0.4, -0.2) is 40.8 Å². The van der Waals surface area contributed by atoms with Crippen LogP contribution in [0, 0.1) is 0 Å².